The number of halogens is 3. The Morgan fingerprint density at radius 1 is 1.15 bits per heavy atom. The number of rotatable bonds is 7. The number of aliphatic hydroxyl groups is 1. The molecule has 1 saturated heterocycles. The predicted molar refractivity (Wildman–Crippen MR) is 150 cm³/mol. The Hall–Kier alpha value is -3.96. The summed E-state index contributed by atoms with van der Waals surface area (Å²) in [6.45, 7) is 6.23. The Balaban J connectivity index is 1.76. The first-order chi connectivity index (χ1) is 19.5. The normalized spacial score (nSPS) is 19.3. The van der Waals surface area contributed by atoms with E-state index in [0.717, 1.165) is 10.1 Å². The van der Waals surface area contributed by atoms with Crippen LogP contribution in [0.3, 0.4) is 0 Å². The Kier molecular flexibility index (Phi) is 7.52. The van der Waals surface area contributed by atoms with Crippen molar-refractivity contribution in [1.29, 1.82) is 0 Å². The largest absolute Gasteiger partial charge is 0.497 e. The zero-order chi connectivity index (χ0) is 29.5. The van der Waals surface area contributed by atoms with Gasteiger partial charge in [-0.15, -0.1) is 5.10 Å². The molecule has 0 amide bonds. The number of carbonyl (C=O) groups excluding carboxylic acids is 1. The lowest BCUT2D eigenvalue weighted by Crippen LogP contribution is -2.64. The van der Waals surface area contributed by atoms with Gasteiger partial charge in [-0.2, -0.15) is 13.2 Å². The van der Waals surface area contributed by atoms with E-state index in [1.54, 1.807) is 31.2 Å². The number of nitrogens with zero attached hydrogens (tertiary/aromatic N) is 4. The van der Waals surface area contributed by atoms with Crippen LogP contribution in [0.5, 0.6) is 5.75 Å². The predicted octanol–water partition coefficient (Wildman–Crippen LogP) is 4.88. The van der Waals surface area contributed by atoms with Crippen molar-refractivity contribution in [1.82, 2.24) is 19.9 Å². The summed E-state index contributed by atoms with van der Waals surface area (Å²) in [5, 5.41) is 18.8. The van der Waals surface area contributed by atoms with E-state index in [0.29, 0.717) is 37.2 Å². The number of alkyl halides is 3. The van der Waals surface area contributed by atoms with Gasteiger partial charge < -0.3 is 20.1 Å². The average Bonchev–Trinajstić information content (AvgIpc) is 3.29. The number of aliphatic hydroxyl groups excluding tert-OH is 1. The van der Waals surface area contributed by atoms with Crippen molar-refractivity contribution in [3.8, 4) is 17.0 Å². The van der Waals surface area contributed by atoms with E-state index in [-0.39, 0.29) is 28.3 Å². The van der Waals surface area contributed by atoms with Crippen LogP contribution in [-0.2, 0) is 6.18 Å². The van der Waals surface area contributed by atoms with E-state index in [4.69, 9.17) is 4.74 Å². The maximum atomic E-state index is 14.6. The van der Waals surface area contributed by atoms with Crippen LogP contribution in [0.25, 0.3) is 16.9 Å². The SMILES string of the molecule is COc1ccc(-c2nc3c(C=O)c(N4CCNC[C@]4(C)[C@H](c4ccccc4)[C@H](C)O)nn3c(C(F)(F)F)c2C)cc1. The van der Waals surface area contributed by atoms with Crippen molar-refractivity contribution >= 4 is 17.8 Å². The second-order valence-electron chi connectivity index (χ2n) is 10.6. The highest BCUT2D eigenvalue weighted by molar-refractivity contribution is 5.93. The van der Waals surface area contributed by atoms with E-state index in [1.807, 2.05) is 42.2 Å². The van der Waals surface area contributed by atoms with Crippen molar-refractivity contribution in [2.75, 3.05) is 31.6 Å². The molecule has 0 aliphatic carbocycles. The lowest BCUT2D eigenvalue weighted by molar-refractivity contribution is -0.143. The third-order valence-corrected chi connectivity index (χ3v) is 7.95. The van der Waals surface area contributed by atoms with Gasteiger partial charge in [0, 0.05) is 36.7 Å². The molecular weight excluding hydrogens is 535 g/mol. The summed E-state index contributed by atoms with van der Waals surface area (Å²) >= 11 is 0. The standard InChI is InChI=1S/C30H32F3N5O3/c1-18-25(21-10-12-22(41-4)13-11-21)35-27-23(16-39)28(36-38(27)26(18)30(31,32)33)37-15-14-34-17-29(37,3)24(19(2)40)20-8-6-5-7-9-20/h5-13,16,19,24,34,40H,14-15,17H2,1-4H3/t19-,24-,29+/m0/s1. The van der Waals surface area contributed by atoms with Gasteiger partial charge in [-0.05, 0) is 50.6 Å². The summed E-state index contributed by atoms with van der Waals surface area (Å²) in [5.41, 5.74) is -0.802. The first kappa shape index (κ1) is 28.6. The molecular formula is C30H32F3N5O3. The number of hydrogen-bond donors (Lipinski definition) is 2. The smallest absolute Gasteiger partial charge is 0.433 e. The number of carbonyl (C=O) groups is 1. The van der Waals surface area contributed by atoms with Gasteiger partial charge in [0.15, 0.2) is 23.4 Å². The molecule has 1 aliphatic rings. The average molecular weight is 568 g/mol. The second-order valence-corrected chi connectivity index (χ2v) is 10.6. The van der Waals surface area contributed by atoms with Crippen molar-refractivity contribution in [3.63, 3.8) is 0 Å². The van der Waals surface area contributed by atoms with Crippen LogP contribution in [0, 0.1) is 6.92 Å². The number of anilines is 1. The molecule has 8 nitrogen and oxygen atoms in total. The van der Waals surface area contributed by atoms with Crippen LogP contribution >= 0.6 is 0 Å². The molecule has 11 heteroatoms. The fourth-order valence-corrected chi connectivity index (χ4v) is 6.13. The molecule has 216 valence electrons. The molecule has 2 aromatic heterocycles. The van der Waals surface area contributed by atoms with E-state index in [2.05, 4.69) is 15.4 Å². The Labute approximate surface area is 235 Å². The number of aldehydes is 1. The first-order valence-corrected chi connectivity index (χ1v) is 13.3. The third kappa shape index (κ3) is 4.93. The fraction of sp³-hybridized carbons (Fsp3) is 0.367. The van der Waals surface area contributed by atoms with E-state index in [9.17, 15) is 23.1 Å². The van der Waals surface area contributed by atoms with Gasteiger partial charge in [0.1, 0.15) is 11.3 Å². The molecule has 1 aliphatic heterocycles. The molecule has 41 heavy (non-hydrogen) atoms. The number of piperazine rings is 1. The highest BCUT2D eigenvalue weighted by Gasteiger charge is 2.47. The van der Waals surface area contributed by atoms with Crippen molar-refractivity contribution in [2.24, 2.45) is 0 Å². The monoisotopic (exact) mass is 567 g/mol. The molecule has 2 aromatic carbocycles. The van der Waals surface area contributed by atoms with Gasteiger partial charge in [-0.25, -0.2) is 9.50 Å². The molecule has 4 aromatic rings. The summed E-state index contributed by atoms with van der Waals surface area (Å²) in [6, 6.07) is 16.0. The summed E-state index contributed by atoms with van der Waals surface area (Å²) in [7, 11) is 1.50. The number of nitrogens with one attached hydrogen (secondary N) is 1. The Bertz CT molecular complexity index is 1550. The Morgan fingerprint density at radius 2 is 1.83 bits per heavy atom. The van der Waals surface area contributed by atoms with E-state index < -0.39 is 29.4 Å². The molecule has 0 bridgehead atoms. The van der Waals surface area contributed by atoms with E-state index in [1.165, 1.54) is 14.0 Å². The maximum absolute atomic E-state index is 14.6. The molecule has 0 spiro atoms. The zero-order valence-corrected chi connectivity index (χ0v) is 23.2. The minimum absolute atomic E-state index is 0.0456. The van der Waals surface area contributed by atoms with Crippen molar-refractivity contribution in [3.05, 3.63) is 77.0 Å². The second kappa shape index (κ2) is 10.8. The van der Waals surface area contributed by atoms with E-state index >= 15 is 0 Å². The van der Waals surface area contributed by atoms with Crippen LogP contribution in [0.2, 0.25) is 0 Å². The number of hydrogen-bond acceptors (Lipinski definition) is 7. The number of ether oxygens (including phenoxy) is 1. The molecule has 2 N–H and O–H groups in total. The minimum Gasteiger partial charge on any atom is -0.497 e. The molecule has 0 unspecified atom stereocenters. The van der Waals surface area contributed by atoms with Crippen LogP contribution in [-0.4, -0.2) is 64.4 Å². The lowest BCUT2D eigenvalue weighted by atomic mass is 9.75. The van der Waals surface area contributed by atoms with Crippen LogP contribution < -0.4 is 15.0 Å². The number of fused-ring (bicyclic) bond motifs is 1. The number of benzene rings is 2. The molecule has 0 radical (unpaired) electrons. The van der Waals surface area contributed by atoms with Crippen molar-refractivity contribution < 1.29 is 27.8 Å². The minimum atomic E-state index is -4.78. The number of methoxy groups -OCH3 is 1. The van der Waals surface area contributed by atoms with Gasteiger partial charge in [0.2, 0.25) is 0 Å². The summed E-state index contributed by atoms with van der Waals surface area (Å²) in [5.74, 6) is 0.190. The lowest BCUT2D eigenvalue weighted by Gasteiger charge is -2.51. The summed E-state index contributed by atoms with van der Waals surface area (Å²) in [6.07, 6.45) is -5.08. The van der Waals surface area contributed by atoms with Crippen LogP contribution in [0.4, 0.5) is 19.0 Å². The topological polar surface area (TPSA) is 92.0 Å². The maximum Gasteiger partial charge on any atom is 0.433 e. The fourth-order valence-electron chi connectivity index (χ4n) is 6.13. The quantitative estimate of drug-likeness (QED) is 0.308. The molecule has 3 atom stereocenters. The van der Waals surface area contributed by atoms with Gasteiger partial charge in [-0.1, -0.05) is 30.3 Å². The Morgan fingerprint density at radius 3 is 2.41 bits per heavy atom. The van der Waals surface area contributed by atoms with Crippen LogP contribution in [0.1, 0.15) is 46.9 Å². The molecule has 1 fully saturated rings. The highest BCUT2D eigenvalue weighted by atomic mass is 19.4. The molecule has 3 heterocycles. The molecule has 0 saturated carbocycles. The van der Waals surface area contributed by atoms with Gasteiger partial charge in [0.25, 0.3) is 0 Å². The third-order valence-electron chi connectivity index (χ3n) is 7.95. The van der Waals surface area contributed by atoms with Crippen LogP contribution in [0.15, 0.2) is 54.6 Å². The first-order valence-electron chi connectivity index (χ1n) is 13.3. The van der Waals surface area contributed by atoms with Gasteiger partial charge in [0.05, 0.1) is 24.4 Å². The van der Waals surface area contributed by atoms with Gasteiger partial charge in [-0.3, -0.25) is 4.79 Å². The summed E-state index contributed by atoms with van der Waals surface area (Å²) in [4.78, 5) is 19.0. The van der Waals surface area contributed by atoms with Crippen molar-refractivity contribution in [2.45, 2.75) is 44.5 Å². The molecule has 5 rings (SSSR count). The highest BCUT2D eigenvalue weighted by Crippen LogP contribution is 2.42. The number of aromatic nitrogens is 3. The van der Waals surface area contributed by atoms with Gasteiger partial charge >= 0.3 is 6.18 Å². The zero-order valence-electron chi connectivity index (χ0n) is 23.2. The summed E-state index contributed by atoms with van der Waals surface area (Å²) < 4.78 is 49.8.